The summed E-state index contributed by atoms with van der Waals surface area (Å²) in [6.07, 6.45) is 1.46. The van der Waals surface area contributed by atoms with Crippen LogP contribution in [0.3, 0.4) is 0 Å². The molecule has 1 aromatic carbocycles. The third-order valence-electron chi connectivity index (χ3n) is 3.94. The van der Waals surface area contributed by atoms with E-state index in [9.17, 15) is 8.78 Å². The Morgan fingerprint density at radius 2 is 2.04 bits per heavy atom. The summed E-state index contributed by atoms with van der Waals surface area (Å²) in [7, 11) is 0. The Kier molecular flexibility index (Phi) is 3.99. The molecule has 7 heteroatoms. The van der Waals surface area contributed by atoms with Crippen molar-refractivity contribution in [2.24, 2.45) is 0 Å². The molecule has 5 nitrogen and oxygen atoms in total. The fourth-order valence-electron chi connectivity index (χ4n) is 2.82. The maximum atomic E-state index is 14.3. The number of benzene rings is 1. The second-order valence-corrected chi connectivity index (χ2v) is 5.90. The Morgan fingerprint density at radius 1 is 1.35 bits per heavy atom. The lowest BCUT2D eigenvalue weighted by Gasteiger charge is -2.25. The van der Waals surface area contributed by atoms with Crippen molar-refractivity contribution in [3.63, 3.8) is 0 Å². The highest BCUT2D eigenvalue weighted by Gasteiger charge is 2.33. The van der Waals surface area contributed by atoms with Crippen LogP contribution in [0.4, 0.5) is 14.5 Å². The van der Waals surface area contributed by atoms with E-state index in [1.165, 1.54) is 0 Å². The normalized spacial score (nSPS) is 17.7. The summed E-state index contributed by atoms with van der Waals surface area (Å²) in [5, 5.41) is 12.8. The van der Waals surface area contributed by atoms with Crippen molar-refractivity contribution >= 4 is 5.69 Å². The molecule has 0 N–H and O–H groups in total. The highest BCUT2D eigenvalue weighted by atomic mass is 19.1. The number of aromatic nitrogens is 2. The SMILES string of the molecule is CC(C)c1nc(C2CCCN2c2c(F)cc(C#N)cc2F)no1. The van der Waals surface area contributed by atoms with Gasteiger partial charge in [0.25, 0.3) is 0 Å². The molecule has 0 spiro atoms. The van der Waals surface area contributed by atoms with E-state index in [0.29, 0.717) is 24.7 Å². The van der Waals surface area contributed by atoms with Crippen LogP contribution in [0.15, 0.2) is 16.7 Å². The third kappa shape index (κ3) is 2.77. The Bertz CT molecular complexity index is 743. The van der Waals surface area contributed by atoms with Crippen molar-refractivity contribution in [2.45, 2.75) is 38.6 Å². The summed E-state index contributed by atoms with van der Waals surface area (Å²) >= 11 is 0. The van der Waals surface area contributed by atoms with E-state index in [0.717, 1.165) is 18.6 Å². The van der Waals surface area contributed by atoms with Gasteiger partial charge in [-0.25, -0.2) is 8.78 Å². The van der Waals surface area contributed by atoms with Crippen LogP contribution >= 0.6 is 0 Å². The molecule has 1 aromatic heterocycles. The van der Waals surface area contributed by atoms with Crippen LogP contribution in [0, 0.1) is 23.0 Å². The summed E-state index contributed by atoms with van der Waals surface area (Å²) in [5.41, 5.74) is -0.177. The van der Waals surface area contributed by atoms with Crippen molar-refractivity contribution in [1.29, 1.82) is 5.26 Å². The zero-order valence-electron chi connectivity index (χ0n) is 12.9. The second-order valence-electron chi connectivity index (χ2n) is 5.90. The van der Waals surface area contributed by atoms with Gasteiger partial charge in [-0.1, -0.05) is 19.0 Å². The number of halogens is 2. The molecule has 0 bridgehead atoms. The molecule has 1 unspecified atom stereocenters. The Morgan fingerprint density at radius 3 is 2.61 bits per heavy atom. The summed E-state index contributed by atoms with van der Waals surface area (Å²) in [6.45, 7) is 4.36. The lowest BCUT2D eigenvalue weighted by molar-refractivity contribution is 0.357. The minimum absolute atomic E-state index is 0.0406. The lowest BCUT2D eigenvalue weighted by atomic mass is 10.1. The van der Waals surface area contributed by atoms with E-state index >= 15 is 0 Å². The molecule has 1 saturated heterocycles. The molecule has 2 heterocycles. The van der Waals surface area contributed by atoms with Gasteiger partial charge in [0.2, 0.25) is 5.89 Å². The second kappa shape index (κ2) is 5.95. The van der Waals surface area contributed by atoms with Gasteiger partial charge in [0, 0.05) is 12.5 Å². The van der Waals surface area contributed by atoms with E-state index in [1.807, 2.05) is 13.8 Å². The first-order valence-corrected chi connectivity index (χ1v) is 7.50. The summed E-state index contributed by atoms with van der Waals surface area (Å²) in [4.78, 5) is 5.96. The highest BCUT2D eigenvalue weighted by molar-refractivity contribution is 5.54. The Labute approximate surface area is 132 Å². The van der Waals surface area contributed by atoms with Gasteiger partial charge in [0.05, 0.1) is 17.7 Å². The van der Waals surface area contributed by atoms with Gasteiger partial charge in [-0.3, -0.25) is 0 Å². The molecule has 120 valence electrons. The summed E-state index contributed by atoms with van der Waals surface area (Å²) in [5.74, 6) is -0.460. The van der Waals surface area contributed by atoms with Gasteiger partial charge in [0.1, 0.15) is 5.69 Å². The first-order chi connectivity index (χ1) is 11.0. The minimum atomic E-state index is -0.749. The predicted molar refractivity (Wildman–Crippen MR) is 78.8 cm³/mol. The highest BCUT2D eigenvalue weighted by Crippen LogP contribution is 2.38. The van der Waals surface area contributed by atoms with Crippen LogP contribution < -0.4 is 4.90 Å². The van der Waals surface area contributed by atoms with Crippen molar-refractivity contribution in [3.05, 3.63) is 41.0 Å². The third-order valence-corrected chi connectivity index (χ3v) is 3.94. The number of hydrogen-bond acceptors (Lipinski definition) is 5. The number of anilines is 1. The van der Waals surface area contributed by atoms with Crippen LogP contribution in [0.25, 0.3) is 0 Å². The number of nitriles is 1. The summed E-state index contributed by atoms with van der Waals surface area (Å²) < 4.78 is 33.8. The van der Waals surface area contributed by atoms with E-state index in [-0.39, 0.29) is 23.2 Å². The zero-order valence-corrected chi connectivity index (χ0v) is 12.9. The fourth-order valence-corrected chi connectivity index (χ4v) is 2.82. The number of nitrogens with zero attached hydrogens (tertiary/aromatic N) is 4. The molecule has 1 atom stereocenters. The molecule has 23 heavy (non-hydrogen) atoms. The van der Waals surface area contributed by atoms with E-state index in [2.05, 4.69) is 10.1 Å². The topological polar surface area (TPSA) is 66.0 Å². The van der Waals surface area contributed by atoms with Crippen molar-refractivity contribution in [1.82, 2.24) is 10.1 Å². The van der Waals surface area contributed by atoms with E-state index in [4.69, 9.17) is 9.78 Å². The first-order valence-electron chi connectivity index (χ1n) is 7.50. The van der Waals surface area contributed by atoms with Crippen LogP contribution in [0.1, 0.15) is 55.9 Å². The average Bonchev–Trinajstić information content (AvgIpc) is 3.14. The molecule has 1 aliphatic rings. The molecule has 0 amide bonds. The number of hydrogen-bond donors (Lipinski definition) is 0. The van der Waals surface area contributed by atoms with Gasteiger partial charge in [0.15, 0.2) is 17.5 Å². The zero-order chi connectivity index (χ0) is 16.6. The molecule has 1 aliphatic heterocycles. The molecule has 0 radical (unpaired) electrons. The van der Waals surface area contributed by atoms with Gasteiger partial charge in [-0.2, -0.15) is 10.2 Å². The fraction of sp³-hybridized carbons (Fsp3) is 0.438. The van der Waals surface area contributed by atoms with E-state index in [1.54, 1.807) is 11.0 Å². The van der Waals surface area contributed by atoms with Crippen molar-refractivity contribution < 1.29 is 13.3 Å². The van der Waals surface area contributed by atoms with Crippen molar-refractivity contribution in [2.75, 3.05) is 11.4 Å². The van der Waals surface area contributed by atoms with Gasteiger partial charge >= 0.3 is 0 Å². The molecule has 0 saturated carbocycles. The van der Waals surface area contributed by atoms with Crippen LogP contribution in [-0.2, 0) is 0 Å². The van der Waals surface area contributed by atoms with Crippen LogP contribution in [-0.4, -0.2) is 16.7 Å². The summed E-state index contributed by atoms with van der Waals surface area (Å²) in [6, 6.07) is 3.51. The standard InChI is InChI=1S/C16H16F2N4O/c1-9(2)16-20-15(21-23-16)13-4-3-5-22(13)14-11(17)6-10(8-19)7-12(14)18/h6-7,9,13H,3-5H2,1-2H3. The van der Waals surface area contributed by atoms with Gasteiger partial charge in [-0.15, -0.1) is 0 Å². The molecular formula is C16H16F2N4O. The average molecular weight is 318 g/mol. The Hall–Kier alpha value is -2.49. The monoisotopic (exact) mass is 318 g/mol. The lowest BCUT2D eigenvalue weighted by Crippen LogP contribution is -2.25. The predicted octanol–water partition coefficient (Wildman–Crippen LogP) is 3.68. The molecule has 1 fully saturated rings. The van der Waals surface area contributed by atoms with E-state index < -0.39 is 11.6 Å². The smallest absolute Gasteiger partial charge is 0.229 e. The molecule has 3 rings (SSSR count). The molecule has 0 aliphatic carbocycles. The van der Waals surface area contributed by atoms with Crippen molar-refractivity contribution in [3.8, 4) is 6.07 Å². The maximum absolute atomic E-state index is 14.3. The van der Waals surface area contributed by atoms with Crippen LogP contribution in [0.5, 0.6) is 0 Å². The van der Waals surface area contributed by atoms with Gasteiger partial charge in [-0.05, 0) is 25.0 Å². The minimum Gasteiger partial charge on any atom is -0.356 e. The molecular weight excluding hydrogens is 302 g/mol. The van der Waals surface area contributed by atoms with Crippen LogP contribution in [0.2, 0.25) is 0 Å². The maximum Gasteiger partial charge on any atom is 0.229 e. The first kappa shape index (κ1) is 15.4. The molecule has 2 aromatic rings. The largest absolute Gasteiger partial charge is 0.356 e. The quantitative estimate of drug-likeness (QED) is 0.863. The Balaban J connectivity index is 1.97. The van der Waals surface area contributed by atoms with Gasteiger partial charge < -0.3 is 9.42 Å². The number of rotatable bonds is 3.